The molecule has 2 aromatic heterocycles. The van der Waals surface area contributed by atoms with Gasteiger partial charge in [0.1, 0.15) is 6.61 Å². The van der Waals surface area contributed by atoms with Crippen LogP contribution in [0.3, 0.4) is 0 Å². The van der Waals surface area contributed by atoms with Gasteiger partial charge in [0.2, 0.25) is 0 Å². The Labute approximate surface area is 195 Å². The largest absolute Gasteiger partial charge is 0.390 e. The van der Waals surface area contributed by atoms with Gasteiger partial charge < -0.3 is 19.1 Å². The average molecular weight is 511 g/mol. The molecule has 5 nitrogen and oxygen atoms in total. The number of hydrogen-bond acceptors (Lipinski definition) is 4. The maximum Gasteiger partial charge on any atom is 0.274 e. The number of aliphatic hydroxyl groups excluding tert-OH is 1. The van der Waals surface area contributed by atoms with Gasteiger partial charge in [0, 0.05) is 47.2 Å². The van der Waals surface area contributed by atoms with Gasteiger partial charge in [0.05, 0.1) is 30.2 Å². The predicted octanol–water partition coefficient (Wildman–Crippen LogP) is 5.77. The highest BCUT2D eigenvalue weighted by Crippen LogP contribution is 2.40. The fourth-order valence-electron chi connectivity index (χ4n) is 3.86. The summed E-state index contributed by atoms with van der Waals surface area (Å²) >= 11 is 3.47. The minimum atomic E-state index is -3.26. The second kappa shape index (κ2) is 10.4. The third kappa shape index (κ3) is 5.36. The van der Waals surface area contributed by atoms with E-state index in [1.54, 1.807) is 19.4 Å². The maximum atomic E-state index is 14.5. The molecule has 0 saturated heterocycles. The van der Waals surface area contributed by atoms with Gasteiger partial charge >= 0.3 is 0 Å². The molecule has 3 rings (SSSR count). The van der Waals surface area contributed by atoms with E-state index in [0.717, 1.165) is 15.6 Å². The van der Waals surface area contributed by atoms with Crippen LogP contribution in [-0.4, -0.2) is 47.0 Å². The van der Waals surface area contributed by atoms with Gasteiger partial charge in [0.15, 0.2) is 0 Å². The first-order chi connectivity index (χ1) is 15.2. The van der Waals surface area contributed by atoms with Crippen molar-refractivity contribution < 1.29 is 23.4 Å². The topological polar surface area (TPSA) is 56.5 Å². The molecule has 0 spiro atoms. The molecule has 0 amide bonds. The van der Waals surface area contributed by atoms with E-state index in [-0.39, 0.29) is 12.2 Å². The van der Waals surface area contributed by atoms with Gasteiger partial charge in [-0.2, -0.15) is 0 Å². The maximum absolute atomic E-state index is 14.5. The van der Waals surface area contributed by atoms with Gasteiger partial charge in [-0.3, -0.25) is 4.98 Å². The lowest BCUT2D eigenvalue weighted by Gasteiger charge is -2.20. The van der Waals surface area contributed by atoms with Gasteiger partial charge in [-0.1, -0.05) is 15.9 Å². The van der Waals surface area contributed by atoms with Crippen molar-refractivity contribution in [1.29, 1.82) is 0 Å². The molecule has 0 aliphatic carbocycles. The van der Waals surface area contributed by atoms with Crippen LogP contribution in [0.5, 0.6) is 0 Å². The molecule has 2 heterocycles. The first-order valence-corrected chi connectivity index (χ1v) is 11.4. The summed E-state index contributed by atoms with van der Waals surface area (Å²) in [4.78, 5) is 4.51. The van der Waals surface area contributed by atoms with Crippen molar-refractivity contribution in [3.05, 3.63) is 52.3 Å². The summed E-state index contributed by atoms with van der Waals surface area (Å²) in [5.74, 6) is -3.26. The Bertz CT molecular complexity index is 1070. The zero-order valence-electron chi connectivity index (χ0n) is 18.7. The number of hydrogen-bond donors (Lipinski definition) is 1. The molecule has 174 valence electrons. The smallest absolute Gasteiger partial charge is 0.274 e. The summed E-state index contributed by atoms with van der Waals surface area (Å²) in [5, 5.41) is 10.0. The van der Waals surface area contributed by atoms with Crippen LogP contribution >= 0.6 is 15.9 Å². The van der Waals surface area contributed by atoms with Crippen molar-refractivity contribution in [2.24, 2.45) is 0 Å². The molecule has 0 fully saturated rings. The lowest BCUT2D eigenvalue weighted by molar-refractivity contribution is -0.0485. The van der Waals surface area contributed by atoms with Crippen LogP contribution in [-0.2, 0) is 22.4 Å². The quantitative estimate of drug-likeness (QED) is 0.376. The lowest BCUT2D eigenvalue weighted by Crippen LogP contribution is -2.25. The first-order valence-electron chi connectivity index (χ1n) is 10.6. The van der Waals surface area contributed by atoms with Crippen molar-refractivity contribution in [3.8, 4) is 11.3 Å². The molecule has 0 radical (unpaired) electrons. The summed E-state index contributed by atoms with van der Waals surface area (Å²) < 4.78 is 43.1. The monoisotopic (exact) mass is 510 g/mol. The SMILES string of the molecule is CO[C@@H](C)c1ncccc1-c1c(CC(F)(F)CO)c2cc(Br)ccc2n1CCOC(C)C. The van der Waals surface area contributed by atoms with Crippen molar-refractivity contribution in [2.45, 2.75) is 51.9 Å². The van der Waals surface area contributed by atoms with E-state index in [9.17, 15) is 13.9 Å². The summed E-state index contributed by atoms with van der Waals surface area (Å²) in [6, 6.07) is 9.31. The molecule has 0 aliphatic rings. The van der Waals surface area contributed by atoms with Gasteiger partial charge in [0.25, 0.3) is 5.92 Å². The number of aliphatic hydroxyl groups is 1. The van der Waals surface area contributed by atoms with Crippen molar-refractivity contribution >= 4 is 26.8 Å². The normalized spacial score (nSPS) is 13.3. The molecule has 0 saturated carbocycles. The van der Waals surface area contributed by atoms with E-state index in [2.05, 4.69) is 20.9 Å². The summed E-state index contributed by atoms with van der Waals surface area (Å²) in [5.41, 5.74) is 3.31. The first kappa shape index (κ1) is 24.8. The Morgan fingerprint density at radius 3 is 2.62 bits per heavy atom. The summed E-state index contributed by atoms with van der Waals surface area (Å²) in [6.07, 6.45) is 0.791. The number of ether oxygens (including phenoxy) is 2. The zero-order chi connectivity index (χ0) is 23.5. The highest BCUT2D eigenvalue weighted by Gasteiger charge is 2.33. The van der Waals surface area contributed by atoms with Crippen molar-refractivity contribution in [3.63, 3.8) is 0 Å². The highest BCUT2D eigenvalue weighted by molar-refractivity contribution is 9.10. The fraction of sp³-hybridized carbons (Fsp3) is 0.458. The minimum absolute atomic E-state index is 0.0510. The van der Waals surface area contributed by atoms with E-state index in [4.69, 9.17) is 9.47 Å². The second-order valence-corrected chi connectivity index (χ2v) is 8.98. The molecule has 1 atom stereocenters. The van der Waals surface area contributed by atoms with Crippen LogP contribution in [0.4, 0.5) is 8.78 Å². The average Bonchev–Trinajstić information content (AvgIpc) is 3.04. The molecule has 0 unspecified atom stereocenters. The third-order valence-electron chi connectivity index (χ3n) is 5.40. The third-order valence-corrected chi connectivity index (χ3v) is 5.89. The Morgan fingerprint density at radius 2 is 1.97 bits per heavy atom. The van der Waals surface area contributed by atoms with E-state index in [1.165, 1.54) is 0 Å². The number of pyridine rings is 1. The van der Waals surface area contributed by atoms with Crippen LogP contribution in [0.25, 0.3) is 22.2 Å². The Hall–Kier alpha value is -1.87. The van der Waals surface area contributed by atoms with Gasteiger partial charge in [-0.15, -0.1) is 0 Å². The minimum Gasteiger partial charge on any atom is -0.390 e. The Balaban J connectivity index is 2.33. The molecule has 3 aromatic rings. The fourth-order valence-corrected chi connectivity index (χ4v) is 4.22. The van der Waals surface area contributed by atoms with E-state index >= 15 is 0 Å². The number of alkyl halides is 2. The number of fused-ring (bicyclic) bond motifs is 1. The van der Waals surface area contributed by atoms with Gasteiger partial charge in [-0.05, 0) is 56.7 Å². The molecule has 1 aromatic carbocycles. The van der Waals surface area contributed by atoms with Crippen LogP contribution in [0, 0.1) is 0 Å². The number of methoxy groups -OCH3 is 1. The van der Waals surface area contributed by atoms with Crippen LogP contribution in [0.15, 0.2) is 41.0 Å². The lowest BCUT2D eigenvalue weighted by atomic mass is 9.97. The van der Waals surface area contributed by atoms with Crippen LogP contribution in [0.1, 0.15) is 38.1 Å². The van der Waals surface area contributed by atoms with Crippen molar-refractivity contribution in [2.75, 3.05) is 20.3 Å². The molecule has 0 bridgehead atoms. The molecule has 1 N–H and O–H groups in total. The number of nitrogens with zero attached hydrogens (tertiary/aromatic N) is 2. The van der Waals surface area contributed by atoms with E-state index in [1.807, 2.05) is 49.6 Å². The number of benzene rings is 1. The Kier molecular flexibility index (Phi) is 8.03. The standard InChI is InChI=1S/C24H29BrF2N2O3/c1-15(2)32-11-10-29-21-8-7-17(25)12-19(21)20(13-24(26,27)14-30)23(29)18-6-5-9-28-22(18)16(3)31-4/h5-9,12,15-16,30H,10-11,13-14H2,1-4H3/t16-/m0/s1. The molecular formula is C24H29BrF2N2O3. The molecule has 8 heteroatoms. The highest BCUT2D eigenvalue weighted by atomic mass is 79.9. The molecular weight excluding hydrogens is 482 g/mol. The van der Waals surface area contributed by atoms with E-state index in [0.29, 0.717) is 35.5 Å². The van der Waals surface area contributed by atoms with Gasteiger partial charge in [-0.25, -0.2) is 8.78 Å². The zero-order valence-corrected chi connectivity index (χ0v) is 20.3. The number of halogens is 3. The summed E-state index contributed by atoms with van der Waals surface area (Å²) in [7, 11) is 1.59. The number of rotatable bonds is 10. The van der Waals surface area contributed by atoms with E-state index < -0.39 is 19.0 Å². The van der Waals surface area contributed by atoms with Crippen LogP contribution < -0.4 is 0 Å². The van der Waals surface area contributed by atoms with Crippen molar-refractivity contribution in [1.82, 2.24) is 9.55 Å². The Morgan fingerprint density at radius 1 is 1.22 bits per heavy atom. The molecule has 32 heavy (non-hydrogen) atoms. The second-order valence-electron chi connectivity index (χ2n) is 8.06. The number of aromatic nitrogens is 2. The summed E-state index contributed by atoms with van der Waals surface area (Å²) in [6.45, 7) is 5.47. The molecule has 0 aliphatic heterocycles. The predicted molar refractivity (Wildman–Crippen MR) is 125 cm³/mol. The van der Waals surface area contributed by atoms with Crippen LogP contribution in [0.2, 0.25) is 0 Å².